The molecule has 3 N–H and O–H groups in total. The molecule has 4 unspecified atom stereocenters. The third-order valence-corrected chi connectivity index (χ3v) is 5.02. The minimum Gasteiger partial charge on any atom is -0.383 e. The van der Waals surface area contributed by atoms with Crippen molar-refractivity contribution in [3.05, 3.63) is 0 Å². The van der Waals surface area contributed by atoms with Crippen molar-refractivity contribution in [2.45, 2.75) is 43.9 Å². The standard InChI is InChI=1S/C13H22N2O3.ClH/c1-17-7-9(14)12(16)15-10-8-3-6-18-11(8)13(10)4-2-5-13;/h8-11H,2-7,14H2,1H3,(H,15,16);1H. The summed E-state index contributed by atoms with van der Waals surface area (Å²) >= 11 is 0. The van der Waals surface area contributed by atoms with E-state index in [0.717, 1.165) is 13.0 Å². The monoisotopic (exact) mass is 290 g/mol. The molecule has 0 aromatic heterocycles. The summed E-state index contributed by atoms with van der Waals surface area (Å²) in [5, 5.41) is 3.14. The largest absolute Gasteiger partial charge is 0.383 e. The number of ether oxygens (including phenoxy) is 2. The maximum Gasteiger partial charge on any atom is 0.239 e. The Bertz CT molecular complexity index is 349. The highest BCUT2D eigenvalue weighted by Crippen LogP contribution is 2.62. The normalized spacial score (nSPS) is 35.6. The third kappa shape index (κ3) is 2.17. The molecule has 0 radical (unpaired) electrons. The number of carbonyl (C=O) groups excluding carboxylic acids is 1. The van der Waals surface area contributed by atoms with Gasteiger partial charge in [-0.05, 0) is 19.3 Å². The number of methoxy groups -OCH3 is 1. The van der Waals surface area contributed by atoms with Gasteiger partial charge in [0, 0.05) is 31.1 Å². The molecular formula is C13H23ClN2O3. The van der Waals surface area contributed by atoms with Crippen LogP contribution in [0.4, 0.5) is 0 Å². The van der Waals surface area contributed by atoms with Crippen LogP contribution in [0, 0.1) is 11.3 Å². The van der Waals surface area contributed by atoms with Crippen LogP contribution in [-0.2, 0) is 14.3 Å². The van der Waals surface area contributed by atoms with Crippen LogP contribution in [0.5, 0.6) is 0 Å². The second-order valence-electron chi connectivity index (χ2n) is 5.88. The van der Waals surface area contributed by atoms with E-state index < -0.39 is 6.04 Å². The zero-order valence-corrected chi connectivity index (χ0v) is 12.1. The minimum absolute atomic E-state index is 0. The summed E-state index contributed by atoms with van der Waals surface area (Å²) in [7, 11) is 1.56. The van der Waals surface area contributed by atoms with E-state index in [1.807, 2.05) is 0 Å². The topological polar surface area (TPSA) is 73.6 Å². The molecule has 1 saturated heterocycles. The summed E-state index contributed by atoms with van der Waals surface area (Å²) < 4.78 is 10.7. The molecule has 19 heavy (non-hydrogen) atoms. The molecule has 2 saturated carbocycles. The number of rotatable bonds is 4. The maximum absolute atomic E-state index is 12.0. The van der Waals surface area contributed by atoms with Crippen molar-refractivity contribution in [1.82, 2.24) is 5.32 Å². The maximum atomic E-state index is 12.0. The van der Waals surface area contributed by atoms with Crippen LogP contribution in [-0.4, -0.2) is 44.4 Å². The zero-order chi connectivity index (χ0) is 12.8. The Morgan fingerprint density at radius 3 is 2.89 bits per heavy atom. The van der Waals surface area contributed by atoms with E-state index in [1.54, 1.807) is 7.11 Å². The molecule has 1 amide bonds. The number of halogens is 1. The van der Waals surface area contributed by atoms with Crippen LogP contribution in [0.2, 0.25) is 0 Å². The molecule has 0 aromatic carbocycles. The Balaban J connectivity index is 0.00000133. The second kappa shape index (κ2) is 5.56. The van der Waals surface area contributed by atoms with Crippen LogP contribution in [0.25, 0.3) is 0 Å². The number of nitrogens with two attached hydrogens (primary N) is 1. The summed E-state index contributed by atoms with van der Waals surface area (Å²) in [5.41, 5.74) is 6.00. The fraction of sp³-hybridized carbons (Fsp3) is 0.923. The molecule has 6 heteroatoms. The van der Waals surface area contributed by atoms with Gasteiger partial charge in [0.1, 0.15) is 6.04 Å². The van der Waals surface area contributed by atoms with E-state index >= 15 is 0 Å². The average molecular weight is 291 g/mol. The first-order chi connectivity index (χ1) is 8.69. The molecule has 5 nitrogen and oxygen atoms in total. The molecule has 1 spiro atoms. The van der Waals surface area contributed by atoms with Gasteiger partial charge in [-0.1, -0.05) is 6.42 Å². The van der Waals surface area contributed by atoms with Crippen LogP contribution in [0.3, 0.4) is 0 Å². The van der Waals surface area contributed by atoms with Crippen molar-refractivity contribution < 1.29 is 14.3 Å². The zero-order valence-electron chi connectivity index (χ0n) is 11.3. The highest BCUT2D eigenvalue weighted by Gasteiger charge is 2.66. The SMILES string of the molecule is COCC(N)C(=O)NC1C2CCOC2C12CCC2.Cl. The summed E-state index contributed by atoms with van der Waals surface area (Å²) in [6.07, 6.45) is 5.06. The third-order valence-electron chi connectivity index (χ3n) is 5.02. The lowest BCUT2D eigenvalue weighted by atomic mass is 9.46. The van der Waals surface area contributed by atoms with Crippen LogP contribution in [0.15, 0.2) is 0 Å². The fourth-order valence-electron chi connectivity index (χ4n) is 3.97. The van der Waals surface area contributed by atoms with Crippen molar-refractivity contribution in [2.24, 2.45) is 17.1 Å². The van der Waals surface area contributed by atoms with Gasteiger partial charge in [-0.25, -0.2) is 0 Å². The van der Waals surface area contributed by atoms with Gasteiger partial charge in [0.15, 0.2) is 0 Å². The number of carbonyl (C=O) groups is 1. The summed E-state index contributed by atoms with van der Waals surface area (Å²) in [4.78, 5) is 12.0. The molecule has 110 valence electrons. The summed E-state index contributed by atoms with van der Waals surface area (Å²) in [6, 6.07) is -0.289. The van der Waals surface area contributed by atoms with Gasteiger partial charge < -0.3 is 20.5 Å². The Labute approximate surface area is 120 Å². The molecule has 0 bridgehead atoms. The Hall–Kier alpha value is -0.360. The highest BCUT2D eigenvalue weighted by molar-refractivity contribution is 5.85. The molecule has 3 fully saturated rings. The van der Waals surface area contributed by atoms with Crippen molar-refractivity contribution in [3.63, 3.8) is 0 Å². The number of nitrogens with one attached hydrogen (secondary N) is 1. The Morgan fingerprint density at radius 2 is 2.32 bits per heavy atom. The van der Waals surface area contributed by atoms with Crippen molar-refractivity contribution in [2.75, 3.05) is 20.3 Å². The lowest BCUT2D eigenvalue weighted by molar-refractivity contribution is -0.179. The summed E-state index contributed by atoms with van der Waals surface area (Å²) in [6.45, 7) is 1.11. The first-order valence-electron chi connectivity index (χ1n) is 6.85. The molecule has 4 atom stereocenters. The summed E-state index contributed by atoms with van der Waals surface area (Å²) in [5.74, 6) is 0.419. The van der Waals surface area contributed by atoms with Gasteiger partial charge >= 0.3 is 0 Å². The smallest absolute Gasteiger partial charge is 0.239 e. The first-order valence-corrected chi connectivity index (χ1v) is 6.85. The van der Waals surface area contributed by atoms with Crippen molar-refractivity contribution in [3.8, 4) is 0 Å². The lowest BCUT2D eigenvalue weighted by Gasteiger charge is -2.63. The number of hydrogen-bond acceptors (Lipinski definition) is 4. The van der Waals surface area contributed by atoms with Crippen LogP contribution >= 0.6 is 12.4 Å². The first kappa shape index (κ1) is 15.0. The lowest BCUT2D eigenvalue weighted by Crippen LogP contribution is -2.72. The van der Waals surface area contributed by atoms with E-state index in [0.29, 0.717) is 12.0 Å². The molecule has 3 aliphatic rings. The fourth-order valence-corrected chi connectivity index (χ4v) is 3.97. The quantitative estimate of drug-likeness (QED) is 0.789. The van der Waals surface area contributed by atoms with Gasteiger partial charge in [0.25, 0.3) is 0 Å². The van der Waals surface area contributed by atoms with Crippen molar-refractivity contribution in [1.29, 1.82) is 0 Å². The van der Waals surface area contributed by atoms with Gasteiger partial charge in [0.2, 0.25) is 5.91 Å². The van der Waals surface area contributed by atoms with Crippen LogP contribution < -0.4 is 11.1 Å². The van der Waals surface area contributed by atoms with Crippen molar-refractivity contribution >= 4 is 18.3 Å². The molecule has 2 aliphatic carbocycles. The van der Waals surface area contributed by atoms with E-state index in [-0.39, 0.29) is 36.4 Å². The van der Waals surface area contributed by atoms with E-state index in [4.69, 9.17) is 15.2 Å². The molecule has 0 aromatic rings. The van der Waals surface area contributed by atoms with E-state index in [9.17, 15) is 4.79 Å². The number of fused-ring (bicyclic) bond motifs is 2. The van der Waals surface area contributed by atoms with Gasteiger partial charge in [0.05, 0.1) is 12.7 Å². The number of amides is 1. The van der Waals surface area contributed by atoms with E-state index in [2.05, 4.69) is 5.32 Å². The predicted octanol–water partition coefficient (Wildman–Crippen LogP) is 0.456. The van der Waals surface area contributed by atoms with Gasteiger partial charge in [-0.3, -0.25) is 4.79 Å². The highest BCUT2D eigenvalue weighted by atomic mass is 35.5. The average Bonchev–Trinajstić information content (AvgIpc) is 2.69. The van der Waals surface area contributed by atoms with Gasteiger partial charge in [-0.15, -0.1) is 12.4 Å². The Morgan fingerprint density at radius 1 is 1.58 bits per heavy atom. The molecule has 1 heterocycles. The Kier molecular flexibility index (Phi) is 4.40. The molecule has 1 aliphatic heterocycles. The molecule has 3 rings (SSSR count). The predicted molar refractivity (Wildman–Crippen MR) is 73.2 cm³/mol. The van der Waals surface area contributed by atoms with Gasteiger partial charge in [-0.2, -0.15) is 0 Å². The molecular weight excluding hydrogens is 268 g/mol. The van der Waals surface area contributed by atoms with E-state index in [1.165, 1.54) is 19.3 Å². The van der Waals surface area contributed by atoms with Crippen LogP contribution in [0.1, 0.15) is 25.7 Å². The second-order valence-corrected chi connectivity index (χ2v) is 5.88. The minimum atomic E-state index is -0.562. The number of hydrogen-bond donors (Lipinski definition) is 2.